The molecule has 2 heterocycles. The fourth-order valence-corrected chi connectivity index (χ4v) is 4.90. The third-order valence-corrected chi connectivity index (χ3v) is 6.35. The zero-order valence-corrected chi connectivity index (χ0v) is 18.2. The smallest absolute Gasteiger partial charge is 0.260 e. The van der Waals surface area contributed by atoms with Gasteiger partial charge in [-0.15, -0.1) is 6.58 Å². The molecule has 2 amide bonds. The summed E-state index contributed by atoms with van der Waals surface area (Å²) in [7, 11) is 0. The van der Waals surface area contributed by atoms with Crippen molar-refractivity contribution in [1.29, 1.82) is 0 Å². The Balaban J connectivity index is 1.77. The average molecular weight is 476 g/mol. The first kappa shape index (κ1) is 23.7. The first-order valence-electron chi connectivity index (χ1n) is 10.7. The Kier molecular flexibility index (Phi) is 6.29. The Hall–Kier alpha value is -3.49. The molecule has 0 unspecified atom stereocenters. The second-order valence-corrected chi connectivity index (χ2v) is 8.22. The lowest BCUT2D eigenvalue weighted by molar-refractivity contribution is 0.0343. The number of fused-ring (bicyclic) bond motifs is 3. The second-order valence-electron chi connectivity index (χ2n) is 8.22. The molecule has 0 spiro atoms. The van der Waals surface area contributed by atoms with E-state index in [2.05, 4.69) is 6.58 Å². The summed E-state index contributed by atoms with van der Waals surface area (Å²) in [6, 6.07) is 5.52. The summed E-state index contributed by atoms with van der Waals surface area (Å²) in [5.41, 5.74) is -0.218. The molecule has 0 aromatic heterocycles. The predicted molar refractivity (Wildman–Crippen MR) is 114 cm³/mol. The van der Waals surface area contributed by atoms with E-state index in [1.165, 1.54) is 6.08 Å². The van der Waals surface area contributed by atoms with E-state index >= 15 is 0 Å². The van der Waals surface area contributed by atoms with Gasteiger partial charge in [0.1, 0.15) is 5.56 Å². The van der Waals surface area contributed by atoms with E-state index in [0.717, 1.165) is 10.5 Å². The highest BCUT2D eigenvalue weighted by Crippen LogP contribution is 2.44. The van der Waals surface area contributed by atoms with E-state index in [0.29, 0.717) is 5.56 Å². The number of halogens is 5. The topological polar surface area (TPSA) is 40.6 Å². The maximum absolute atomic E-state index is 14.4. The number of carbonyl (C=O) groups excluding carboxylic acids is 2. The van der Waals surface area contributed by atoms with E-state index in [1.54, 1.807) is 48.2 Å². The molecule has 0 radical (unpaired) electrons. The SMILES string of the molecule is C=CCN(C(=O)c1c(F)c(F)c(F)c(F)c1F)[C@H]1C[C@@H]2c3ccccc3C(=O)N2[C@@H](/C=C/C)C1. The summed E-state index contributed by atoms with van der Waals surface area (Å²) in [4.78, 5) is 29.0. The van der Waals surface area contributed by atoms with Crippen molar-refractivity contribution in [2.24, 2.45) is 0 Å². The molecule has 0 N–H and O–H groups in total. The first-order valence-corrected chi connectivity index (χ1v) is 10.7. The molecule has 9 heteroatoms. The van der Waals surface area contributed by atoms with Crippen LogP contribution in [0.25, 0.3) is 0 Å². The van der Waals surface area contributed by atoms with Gasteiger partial charge in [-0.1, -0.05) is 36.4 Å². The highest BCUT2D eigenvalue weighted by molar-refractivity contribution is 6.00. The summed E-state index contributed by atoms with van der Waals surface area (Å²) in [6.07, 6.45) is 5.30. The number of nitrogens with zero attached hydrogens (tertiary/aromatic N) is 2. The molecule has 1 saturated heterocycles. The van der Waals surface area contributed by atoms with Gasteiger partial charge in [0.15, 0.2) is 23.3 Å². The Bertz CT molecular complexity index is 1180. The average Bonchev–Trinajstić information content (AvgIpc) is 3.12. The van der Waals surface area contributed by atoms with Gasteiger partial charge in [-0.25, -0.2) is 22.0 Å². The van der Waals surface area contributed by atoms with Gasteiger partial charge >= 0.3 is 0 Å². The minimum Gasteiger partial charge on any atom is -0.332 e. The van der Waals surface area contributed by atoms with Crippen LogP contribution < -0.4 is 0 Å². The summed E-state index contributed by atoms with van der Waals surface area (Å²) < 4.78 is 70.0. The number of hydrogen-bond acceptors (Lipinski definition) is 2. The molecule has 0 aliphatic carbocycles. The summed E-state index contributed by atoms with van der Waals surface area (Å²) >= 11 is 0. The van der Waals surface area contributed by atoms with Crippen molar-refractivity contribution in [3.8, 4) is 0 Å². The fraction of sp³-hybridized carbons (Fsp3) is 0.280. The second kappa shape index (κ2) is 9.04. The quantitative estimate of drug-likeness (QED) is 0.254. The lowest BCUT2D eigenvalue weighted by Crippen LogP contribution is -2.52. The molecule has 4 rings (SSSR count). The minimum absolute atomic E-state index is 0.163. The van der Waals surface area contributed by atoms with E-state index in [4.69, 9.17) is 0 Å². The third kappa shape index (κ3) is 3.59. The van der Waals surface area contributed by atoms with E-state index in [9.17, 15) is 31.5 Å². The molecule has 2 aromatic carbocycles. The van der Waals surface area contributed by atoms with E-state index < -0.39 is 58.7 Å². The van der Waals surface area contributed by atoms with E-state index in [-0.39, 0.29) is 25.3 Å². The molecular weight excluding hydrogens is 455 g/mol. The maximum atomic E-state index is 14.4. The molecule has 2 aliphatic heterocycles. The van der Waals surface area contributed by atoms with Crippen LogP contribution in [0.1, 0.15) is 52.1 Å². The van der Waals surface area contributed by atoms with Crippen molar-refractivity contribution in [3.63, 3.8) is 0 Å². The summed E-state index contributed by atoms with van der Waals surface area (Å²) in [5.74, 6) is -12.6. The Morgan fingerprint density at radius 1 is 1.06 bits per heavy atom. The van der Waals surface area contributed by atoms with Crippen LogP contribution in [0.4, 0.5) is 22.0 Å². The largest absolute Gasteiger partial charge is 0.332 e. The predicted octanol–water partition coefficient (Wildman–Crippen LogP) is 5.31. The molecule has 2 aliphatic rings. The summed E-state index contributed by atoms with van der Waals surface area (Å²) in [5, 5.41) is 0. The first-order chi connectivity index (χ1) is 16.2. The monoisotopic (exact) mass is 476 g/mol. The van der Waals surface area contributed by atoms with Crippen molar-refractivity contribution in [2.75, 3.05) is 6.54 Å². The van der Waals surface area contributed by atoms with Crippen LogP contribution in [0.3, 0.4) is 0 Å². The number of benzene rings is 2. The Morgan fingerprint density at radius 3 is 2.29 bits per heavy atom. The van der Waals surface area contributed by atoms with Crippen molar-refractivity contribution < 1.29 is 31.5 Å². The van der Waals surface area contributed by atoms with Crippen LogP contribution >= 0.6 is 0 Å². The molecule has 178 valence electrons. The van der Waals surface area contributed by atoms with E-state index in [1.807, 2.05) is 0 Å². The summed E-state index contributed by atoms with van der Waals surface area (Å²) in [6.45, 7) is 5.15. The lowest BCUT2D eigenvalue weighted by atomic mass is 9.88. The van der Waals surface area contributed by atoms with Crippen LogP contribution in [-0.4, -0.2) is 40.2 Å². The number of hydrogen-bond donors (Lipinski definition) is 0. The third-order valence-electron chi connectivity index (χ3n) is 6.35. The fourth-order valence-electron chi connectivity index (χ4n) is 4.90. The lowest BCUT2D eigenvalue weighted by Gasteiger charge is -2.44. The molecule has 4 nitrogen and oxygen atoms in total. The van der Waals surface area contributed by atoms with Gasteiger partial charge in [-0.2, -0.15) is 0 Å². The number of allylic oxidation sites excluding steroid dienone is 1. The zero-order valence-electron chi connectivity index (χ0n) is 18.2. The highest BCUT2D eigenvalue weighted by Gasteiger charge is 2.47. The van der Waals surface area contributed by atoms with Crippen LogP contribution in [0.5, 0.6) is 0 Å². The van der Waals surface area contributed by atoms with Crippen molar-refractivity contribution in [1.82, 2.24) is 9.80 Å². The number of rotatable bonds is 5. The molecule has 1 fully saturated rings. The highest BCUT2D eigenvalue weighted by atomic mass is 19.2. The maximum Gasteiger partial charge on any atom is 0.260 e. The van der Waals surface area contributed by atoms with Crippen LogP contribution in [-0.2, 0) is 0 Å². The van der Waals surface area contributed by atoms with Crippen LogP contribution in [0.2, 0.25) is 0 Å². The van der Waals surface area contributed by atoms with Crippen LogP contribution in [0.15, 0.2) is 49.1 Å². The normalized spacial score (nSPS) is 21.5. The molecule has 3 atom stereocenters. The van der Waals surface area contributed by atoms with Crippen molar-refractivity contribution >= 4 is 11.8 Å². The molecule has 34 heavy (non-hydrogen) atoms. The van der Waals surface area contributed by atoms with Crippen LogP contribution in [0, 0.1) is 29.1 Å². The van der Waals surface area contributed by atoms with Gasteiger partial charge in [0.05, 0.1) is 12.1 Å². The van der Waals surface area contributed by atoms with Gasteiger partial charge in [-0.05, 0) is 31.4 Å². The number of amides is 2. The Labute approximate surface area is 193 Å². The molecule has 2 aromatic rings. The van der Waals surface area contributed by atoms with Gasteiger partial charge in [0.2, 0.25) is 5.82 Å². The van der Waals surface area contributed by atoms with Gasteiger partial charge < -0.3 is 9.80 Å². The number of piperidine rings is 1. The standard InChI is InChI=1S/C25H21F5N2O2/c1-3-7-13-11-14(12-17-15-8-5-6-9-16(15)24(33)32(13)17)31(10-4-2)25(34)18-19(26)21(28)23(30)22(29)20(18)27/h3-9,13-14,17H,2,10-12H2,1H3/b7-3+/t13-,14+,17+/m0/s1. The van der Waals surface area contributed by atoms with Crippen molar-refractivity contribution in [2.45, 2.75) is 37.9 Å². The molecule has 0 bridgehead atoms. The number of carbonyl (C=O) groups is 2. The molecule has 0 saturated carbocycles. The minimum atomic E-state index is -2.33. The van der Waals surface area contributed by atoms with Gasteiger partial charge in [0, 0.05) is 18.2 Å². The Morgan fingerprint density at radius 2 is 1.68 bits per heavy atom. The van der Waals surface area contributed by atoms with Gasteiger partial charge in [-0.3, -0.25) is 9.59 Å². The van der Waals surface area contributed by atoms with Crippen molar-refractivity contribution in [3.05, 3.63) is 94.8 Å². The zero-order chi connectivity index (χ0) is 24.7. The molecular formula is C25H21F5N2O2. The van der Waals surface area contributed by atoms with Gasteiger partial charge in [0.25, 0.3) is 11.8 Å².